The van der Waals surface area contributed by atoms with E-state index in [2.05, 4.69) is 9.88 Å². The largest absolute Gasteiger partial charge is 0.356 e. The molecule has 106 valence electrons. The van der Waals surface area contributed by atoms with Gasteiger partial charge in [0.15, 0.2) is 0 Å². The topological polar surface area (TPSA) is 34.0 Å². The van der Waals surface area contributed by atoms with Gasteiger partial charge in [0.1, 0.15) is 5.82 Å². The van der Waals surface area contributed by atoms with Gasteiger partial charge in [-0.1, -0.05) is 12.1 Å². The minimum Gasteiger partial charge on any atom is -0.356 e. The van der Waals surface area contributed by atoms with Gasteiger partial charge in [0, 0.05) is 31.9 Å². The zero-order valence-electron chi connectivity index (χ0n) is 11.4. The van der Waals surface area contributed by atoms with Crippen LogP contribution in [0, 0.1) is 5.82 Å². The number of carbonyl (C=O) groups excluding carboxylic acids is 1. The summed E-state index contributed by atoms with van der Waals surface area (Å²) in [5.74, 6) is -0.165. The number of aryl methyl sites for hydroxylation is 1. The lowest BCUT2D eigenvalue weighted by Crippen LogP contribution is -2.25. The highest BCUT2D eigenvalue weighted by Crippen LogP contribution is 2.03. The van der Waals surface area contributed by atoms with Gasteiger partial charge in [0.2, 0.25) is 5.91 Å². The Kier molecular flexibility index (Phi) is 5.35. The predicted molar refractivity (Wildman–Crippen MR) is 76.8 cm³/mol. The van der Waals surface area contributed by atoms with Crippen LogP contribution in [0.1, 0.15) is 18.4 Å². The molecule has 1 N–H and O–H groups in total. The minimum absolute atomic E-state index is 0.0688. The van der Waals surface area contributed by atoms with E-state index in [1.807, 2.05) is 24.5 Å². The molecular formula is C16H19FN2O. The van der Waals surface area contributed by atoms with Gasteiger partial charge in [-0.05, 0) is 42.7 Å². The molecule has 2 aromatic rings. The number of amides is 1. The van der Waals surface area contributed by atoms with Crippen LogP contribution >= 0.6 is 0 Å². The van der Waals surface area contributed by atoms with Crippen LogP contribution in [-0.2, 0) is 17.8 Å². The zero-order chi connectivity index (χ0) is 14.2. The first-order valence-electron chi connectivity index (χ1n) is 6.86. The summed E-state index contributed by atoms with van der Waals surface area (Å²) in [5, 5.41) is 2.88. The highest BCUT2D eigenvalue weighted by atomic mass is 19.1. The quantitative estimate of drug-likeness (QED) is 0.827. The lowest BCUT2D eigenvalue weighted by molar-refractivity contribution is -0.121. The van der Waals surface area contributed by atoms with Crippen LogP contribution in [-0.4, -0.2) is 17.0 Å². The molecule has 0 atom stereocenters. The molecule has 0 aliphatic carbocycles. The number of hydrogen-bond acceptors (Lipinski definition) is 1. The molecule has 0 bridgehead atoms. The second-order valence-electron chi connectivity index (χ2n) is 4.75. The predicted octanol–water partition coefficient (Wildman–Crippen LogP) is 2.77. The molecule has 1 aromatic carbocycles. The van der Waals surface area contributed by atoms with Crippen LogP contribution < -0.4 is 5.32 Å². The van der Waals surface area contributed by atoms with E-state index in [1.54, 1.807) is 12.1 Å². The Morgan fingerprint density at radius 3 is 2.55 bits per heavy atom. The molecule has 0 unspecified atom stereocenters. The maximum absolute atomic E-state index is 12.7. The minimum atomic E-state index is -0.234. The molecule has 0 aliphatic rings. The molecule has 0 aliphatic heterocycles. The van der Waals surface area contributed by atoms with Gasteiger partial charge in [-0.25, -0.2) is 4.39 Å². The van der Waals surface area contributed by atoms with Gasteiger partial charge in [-0.2, -0.15) is 0 Å². The summed E-state index contributed by atoms with van der Waals surface area (Å²) in [5.41, 5.74) is 1.03. The van der Waals surface area contributed by atoms with Gasteiger partial charge in [-0.3, -0.25) is 4.79 Å². The molecule has 0 saturated heterocycles. The first-order chi connectivity index (χ1) is 9.74. The fourth-order valence-electron chi connectivity index (χ4n) is 2.03. The summed E-state index contributed by atoms with van der Waals surface area (Å²) < 4.78 is 14.8. The van der Waals surface area contributed by atoms with Gasteiger partial charge in [-0.15, -0.1) is 0 Å². The molecule has 1 aromatic heterocycles. The number of halogens is 1. The molecule has 3 nitrogen and oxygen atoms in total. The van der Waals surface area contributed by atoms with Crippen molar-refractivity contribution in [2.45, 2.75) is 25.8 Å². The Labute approximate surface area is 118 Å². The van der Waals surface area contributed by atoms with Crippen LogP contribution in [0.3, 0.4) is 0 Å². The Hall–Kier alpha value is -2.10. The van der Waals surface area contributed by atoms with Crippen molar-refractivity contribution in [3.63, 3.8) is 0 Å². The number of nitrogens with zero attached hydrogens (tertiary/aromatic N) is 1. The van der Waals surface area contributed by atoms with Crippen molar-refractivity contribution in [1.82, 2.24) is 9.88 Å². The third-order valence-corrected chi connectivity index (χ3v) is 3.14. The van der Waals surface area contributed by atoms with E-state index in [0.717, 1.165) is 24.9 Å². The molecule has 0 radical (unpaired) electrons. The summed E-state index contributed by atoms with van der Waals surface area (Å²) in [6, 6.07) is 10.3. The standard InChI is InChI=1S/C16H19FN2O/c17-15-7-5-14(6-8-15)9-10-18-16(20)4-3-13-19-11-1-2-12-19/h1-2,5-8,11-12H,3-4,9-10,13H2,(H,18,20). The lowest BCUT2D eigenvalue weighted by Gasteiger charge is -2.06. The van der Waals surface area contributed by atoms with E-state index in [0.29, 0.717) is 13.0 Å². The first-order valence-corrected chi connectivity index (χ1v) is 6.86. The summed E-state index contributed by atoms with van der Waals surface area (Å²) in [7, 11) is 0. The van der Waals surface area contributed by atoms with Crippen LogP contribution in [0.2, 0.25) is 0 Å². The second-order valence-corrected chi connectivity index (χ2v) is 4.75. The SMILES string of the molecule is O=C(CCCn1cccc1)NCCc1ccc(F)cc1. The Morgan fingerprint density at radius 1 is 1.15 bits per heavy atom. The van der Waals surface area contributed by atoms with E-state index in [9.17, 15) is 9.18 Å². The summed E-state index contributed by atoms with van der Waals surface area (Å²) >= 11 is 0. The third kappa shape index (κ3) is 4.88. The molecule has 1 amide bonds. The van der Waals surface area contributed by atoms with Gasteiger partial charge in [0.05, 0.1) is 0 Å². The van der Waals surface area contributed by atoms with Crippen molar-refractivity contribution in [2.24, 2.45) is 0 Å². The van der Waals surface area contributed by atoms with E-state index in [-0.39, 0.29) is 11.7 Å². The second kappa shape index (κ2) is 7.48. The highest BCUT2D eigenvalue weighted by Gasteiger charge is 2.01. The van der Waals surface area contributed by atoms with Crippen LogP contribution in [0.4, 0.5) is 4.39 Å². The molecule has 0 saturated carbocycles. The normalized spacial score (nSPS) is 10.4. The number of carbonyl (C=O) groups is 1. The van der Waals surface area contributed by atoms with Crippen LogP contribution in [0.15, 0.2) is 48.8 Å². The fourth-order valence-corrected chi connectivity index (χ4v) is 2.03. The zero-order valence-corrected chi connectivity index (χ0v) is 11.4. The highest BCUT2D eigenvalue weighted by molar-refractivity contribution is 5.75. The molecule has 2 rings (SSSR count). The fraction of sp³-hybridized carbons (Fsp3) is 0.312. The Morgan fingerprint density at radius 2 is 1.85 bits per heavy atom. The molecule has 20 heavy (non-hydrogen) atoms. The van der Waals surface area contributed by atoms with Crippen molar-refractivity contribution >= 4 is 5.91 Å². The van der Waals surface area contributed by atoms with Gasteiger partial charge < -0.3 is 9.88 Å². The van der Waals surface area contributed by atoms with Crippen molar-refractivity contribution in [3.8, 4) is 0 Å². The van der Waals surface area contributed by atoms with Crippen LogP contribution in [0.5, 0.6) is 0 Å². The smallest absolute Gasteiger partial charge is 0.220 e. The number of hydrogen-bond donors (Lipinski definition) is 1. The molecular weight excluding hydrogens is 255 g/mol. The van der Waals surface area contributed by atoms with E-state index in [4.69, 9.17) is 0 Å². The molecule has 4 heteroatoms. The number of benzene rings is 1. The third-order valence-electron chi connectivity index (χ3n) is 3.14. The summed E-state index contributed by atoms with van der Waals surface area (Å²) in [4.78, 5) is 11.6. The van der Waals surface area contributed by atoms with Gasteiger partial charge in [0.25, 0.3) is 0 Å². The summed E-state index contributed by atoms with van der Waals surface area (Å²) in [6.07, 6.45) is 6.07. The average molecular weight is 274 g/mol. The number of rotatable bonds is 7. The van der Waals surface area contributed by atoms with Crippen molar-refractivity contribution < 1.29 is 9.18 Å². The first kappa shape index (κ1) is 14.3. The molecule has 0 fully saturated rings. The van der Waals surface area contributed by atoms with E-state index >= 15 is 0 Å². The van der Waals surface area contributed by atoms with Crippen molar-refractivity contribution in [1.29, 1.82) is 0 Å². The maximum atomic E-state index is 12.7. The molecule has 0 spiro atoms. The van der Waals surface area contributed by atoms with E-state index in [1.165, 1.54) is 12.1 Å². The molecule has 1 heterocycles. The van der Waals surface area contributed by atoms with Crippen molar-refractivity contribution in [2.75, 3.05) is 6.54 Å². The number of aromatic nitrogens is 1. The van der Waals surface area contributed by atoms with Crippen molar-refractivity contribution in [3.05, 3.63) is 60.2 Å². The average Bonchev–Trinajstić information content (AvgIpc) is 2.94. The van der Waals surface area contributed by atoms with Gasteiger partial charge >= 0.3 is 0 Å². The summed E-state index contributed by atoms with van der Waals surface area (Å²) in [6.45, 7) is 1.45. The Balaban J connectivity index is 1.59. The van der Waals surface area contributed by atoms with Crippen LogP contribution in [0.25, 0.3) is 0 Å². The lowest BCUT2D eigenvalue weighted by atomic mass is 10.1. The van der Waals surface area contributed by atoms with E-state index < -0.39 is 0 Å². The number of nitrogens with one attached hydrogen (secondary N) is 1. The maximum Gasteiger partial charge on any atom is 0.220 e. The Bertz CT molecular complexity index is 520. The monoisotopic (exact) mass is 274 g/mol.